The first kappa shape index (κ1) is 26.8. The molecule has 54 heavy (non-hydrogen) atoms. The number of para-hydroxylation sites is 1. The van der Waals surface area contributed by atoms with Gasteiger partial charge in [0, 0.05) is 36.0 Å². The molecule has 0 unspecified atom stereocenters. The first-order valence-electron chi connectivity index (χ1n) is 23.1. The number of fused-ring (bicyclic) bond motifs is 6. The molecular weight excluding hydrogens is 651 g/mol. The minimum absolute atomic E-state index is 0.262. The van der Waals surface area contributed by atoms with Crippen LogP contribution in [0.4, 0.5) is 17.1 Å². The molecule has 0 heterocycles. The molecule has 0 amide bonds. The summed E-state index contributed by atoms with van der Waals surface area (Å²) in [6.45, 7) is 1.04. The quantitative estimate of drug-likeness (QED) is 0.172. The summed E-state index contributed by atoms with van der Waals surface area (Å²) in [6.07, 6.45) is 8.20. The smallest absolute Gasteiger partial charge is 0.0540 e. The monoisotopic (exact) mass is 707 g/mol. The summed E-state index contributed by atoms with van der Waals surface area (Å²) in [5.41, 5.74) is 12.2. The zero-order valence-corrected chi connectivity index (χ0v) is 31.5. The van der Waals surface area contributed by atoms with Crippen LogP contribution in [-0.2, 0) is 16.2 Å². The first-order chi connectivity index (χ1) is 28.6. The fourth-order valence-electron chi connectivity index (χ4n) is 12.4. The fraction of sp³-hybridized carbons (Fsp3) is 0.321. The van der Waals surface area contributed by atoms with E-state index < -0.39 is 19.1 Å². The highest BCUT2D eigenvalue weighted by Crippen LogP contribution is 2.61. The van der Waals surface area contributed by atoms with E-state index in [2.05, 4.69) is 111 Å². The molecule has 0 aromatic heterocycles. The number of aryl methyl sites for hydroxylation is 1. The molecule has 4 saturated carbocycles. The fourth-order valence-corrected chi connectivity index (χ4v) is 12.4. The van der Waals surface area contributed by atoms with Crippen LogP contribution in [0.5, 0.6) is 0 Å². The highest BCUT2D eigenvalue weighted by molar-refractivity contribution is 5.93. The Morgan fingerprint density at radius 1 is 0.537 bits per heavy atom. The van der Waals surface area contributed by atoms with Crippen LogP contribution in [0.3, 0.4) is 0 Å². The van der Waals surface area contributed by atoms with Crippen LogP contribution >= 0.6 is 0 Å². The lowest BCUT2D eigenvalue weighted by atomic mass is 9.48. The SMILES string of the molecule is [2H]C([2H])([2H])C1(C([2H])([2H])[2H])c2ccccc2-c2ccc(N(c3cc(C)c4c(c3)C(C)(C)c3ccccc3-4)c3ccccc3-c3ccc(C45CC6CC(CC(C6)C4)C5)cc3)cc21. The van der Waals surface area contributed by atoms with E-state index >= 15 is 0 Å². The van der Waals surface area contributed by atoms with Gasteiger partial charge in [0.2, 0.25) is 0 Å². The summed E-state index contributed by atoms with van der Waals surface area (Å²) in [7, 11) is 0. The molecule has 0 spiro atoms. The summed E-state index contributed by atoms with van der Waals surface area (Å²) >= 11 is 0. The van der Waals surface area contributed by atoms with Gasteiger partial charge in [-0.15, -0.1) is 0 Å². The van der Waals surface area contributed by atoms with Crippen molar-refractivity contribution in [3.63, 3.8) is 0 Å². The molecule has 0 radical (unpaired) electrons. The van der Waals surface area contributed by atoms with Crippen LogP contribution in [0.25, 0.3) is 33.4 Å². The van der Waals surface area contributed by atoms with Gasteiger partial charge in [-0.3, -0.25) is 0 Å². The Bertz CT molecular complexity index is 2670. The van der Waals surface area contributed by atoms with Crippen LogP contribution in [-0.4, -0.2) is 0 Å². The first-order valence-corrected chi connectivity index (χ1v) is 20.1. The molecular formula is C53H51N. The van der Waals surface area contributed by atoms with E-state index in [-0.39, 0.29) is 5.41 Å². The molecule has 6 aromatic rings. The van der Waals surface area contributed by atoms with E-state index in [0.717, 1.165) is 45.8 Å². The van der Waals surface area contributed by atoms with Crippen LogP contribution in [0.15, 0.2) is 127 Å². The predicted molar refractivity (Wildman–Crippen MR) is 226 cm³/mol. The van der Waals surface area contributed by atoms with Crippen LogP contribution in [0.2, 0.25) is 0 Å². The molecule has 0 atom stereocenters. The van der Waals surface area contributed by atoms with E-state index in [1.807, 2.05) is 30.3 Å². The van der Waals surface area contributed by atoms with Crippen molar-refractivity contribution in [3.8, 4) is 33.4 Å². The average molecular weight is 708 g/mol. The van der Waals surface area contributed by atoms with Gasteiger partial charge in [0.05, 0.1) is 5.69 Å². The Labute approximate surface area is 330 Å². The molecule has 268 valence electrons. The van der Waals surface area contributed by atoms with Crippen LogP contribution < -0.4 is 4.90 Å². The van der Waals surface area contributed by atoms with Gasteiger partial charge in [-0.2, -0.15) is 0 Å². The number of hydrogen-bond donors (Lipinski definition) is 0. The zero-order chi connectivity index (χ0) is 41.6. The van der Waals surface area contributed by atoms with Gasteiger partial charge in [0.15, 0.2) is 0 Å². The number of rotatable bonds is 5. The number of anilines is 3. The standard InChI is InChI=1S/C53H51N/c1-33-24-40(29-48-50(33)44-14-7-10-16-46(44)52(48,4)5)54(39-22-23-43-42-13-6-9-15-45(42)51(2,3)47(43)28-39)49-17-11-8-12-41(49)37-18-20-38(21-19-37)53-30-34-25-35(31-53)27-36(26-34)32-53/h6-24,28-29,34-36H,25-27,30-32H2,1-5H3/i2D3,3D3. The van der Waals surface area contributed by atoms with E-state index in [9.17, 15) is 0 Å². The molecule has 0 N–H and O–H groups in total. The minimum Gasteiger partial charge on any atom is -0.310 e. The van der Waals surface area contributed by atoms with Crippen LogP contribution in [0.1, 0.15) is 108 Å². The summed E-state index contributed by atoms with van der Waals surface area (Å²) < 4.78 is 53.8. The third kappa shape index (κ3) is 4.57. The normalized spacial score (nSPS) is 26.6. The summed E-state index contributed by atoms with van der Waals surface area (Å²) in [5, 5.41) is 0. The average Bonchev–Trinajstić information content (AvgIpc) is 3.64. The summed E-state index contributed by atoms with van der Waals surface area (Å²) in [4.78, 5) is 2.24. The van der Waals surface area contributed by atoms with Crippen molar-refractivity contribution >= 4 is 17.1 Å². The van der Waals surface area contributed by atoms with Gasteiger partial charge in [-0.05, 0) is 160 Å². The van der Waals surface area contributed by atoms with Gasteiger partial charge in [0.1, 0.15) is 0 Å². The Hall–Kier alpha value is -4.88. The predicted octanol–water partition coefficient (Wildman–Crippen LogP) is 14.2. The van der Waals surface area contributed by atoms with E-state index in [1.54, 1.807) is 12.1 Å². The molecule has 4 bridgehead atoms. The maximum atomic E-state index is 8.97. The van der Waals surface area contributed by atoms with E-state index in [4.69, 9.17) is 8.22 Å². The summed E-state index contributed by atoms with van der Waals surface area (Å²) in [6, 6.07) is 44.1. The van der Waals surface area contributed by atoms with Crippen molar-refractivity contribution in [1.29, 1.82) is 0 Å². The molecule has 4 fully saturated rings. The van der Waals surface area contributed by atoms with Crippen molar-refractivity contribution in [3.05, 3.63) is 161 Å². The molecule has 1 nitrogen and oxygen atoms in total. The second-order valence-electron chi connectivity index (χ2n) is 18.0. The lowest BCUT2D eigenvalue weighted by Crippen LogP contribution is -2.48. The Morgan fingerprint density at radius 2 is 1.11 bits per heavy atom. The Balaban J connectivity index is 1.12. The van der Waals surface area contributed by atoms with Gasteiger partial charge in [0.25, 0.3) is 0 Å². The molecule has 6 aliphatic carbocycles. The third-order valence-corrected chi connectivity index (χ3v) is 14.4. The van der Waals surface area contributed by atoms with Crippen molar-refractivity contribution in [1.82, 2.24) is 0 Å². The minimum atomic E-state index is -2.86. The third-order valence-electron chi connectivity index (χ3n) is 14.4. The molecule has 6 aromatic carbocycles. The van der Waals surface area contributed by atoms with Crippen LogP contribution in [0, 0.1) is 24.7 Å². The maximum absolute atomic E-state index is 8.97. The lowest BCUT2D eigenvalue weighted by Gasteiger charge is -2.57. The maximum Gasteiger partial charge on any atom is 0.0540 e. The second kappa shape index (κ2) is 11.3. The van der Waals surface area contributed by atoms with Crippen molar-refractivity contribution in [2.24, 2.45) is 17.8 Å². The van der Waals surface area contributed by atoms with E-state index in [0.29, 0.717) is 33.4 Å². The van der Waals surface area contributed by atoms with Crippen molar-refractivity contribution < 1.29 is 8.22 Å². The number of nitrogens with zero attached hydrogens (tertiary/aromatic N) is 1. The summed E-state index contributed by atoms with van der Waals surface area (Å²) in [5.74, 6) is 2.61. The second-order valence-corrected chi connectivity index (χ2v) is 18.0. The molecule has 6 aliphatic rings. The topological polar surface area (TPSA) is 3.24 Å². The van der Waals surface area contributed by atoms with Crippen molar-refractivity contribution in [2.45, 2.75) is 89.2 Å². The van der Waals surface area contributed by atoms with Gasteiger partial charge in [-0.1, -0.05) is 125 Å². The largest absolute Gasteiger partial charge is 0.310 e. The molecule has 1 heteroatoms. The number of benzene rings is 6. The van der Waals surface area contributed by atoms with Crippen molar-refractivity contribution in [2.75, 3.05) is 4.90 Å². The Morgan fingerprint density at radius 3 is 1.80 bits per heavy atom. The van der Waals surface area contributed by atoms with Gasteiger partial charge < -0.3 is 4.90 Å². The lowest BCUT2D eigenvalue weighted by molar-refractivity contribution is -0.00518. The molecule has 12 rings (SSSR count). The molecule has 0 aliphatic heterocycles. The zero-order valence-electron chi connectivity index (χ0n) is 37.5. The van der Waals surface area contributed by atoms with E-state index in [1.165, 1.54) is 66.3 Å². The van der Waals surface area contributed by atoms with Gasteiger partial charge >= 0.3 is 0 Å². The van der Waals surface area contributed by atoms with Gasteiger partial charge in [-0.25, -0.2) is 0 Å². The molecule has 0 saturated heterocycles. The highest BCUT2D eigenvalue weighted by Gasteiger charge is 2.51. The number of hydrogen-bond acceptors (Lipinski definition) is 1. The Kier molecular flexibility index (Phi) is 5.63. The highest BCUT2D eigenvalue weighted by atomic mass is 15.1.